The van der Waals surface area contributed by atoms with Crippen LogP contribution in [-0.2, 0) is 19.1 Å². The quantitative estimate of drug-likeness (QED) is 0.0832. The first kappa shape index (κ1) is 49.0. The van der Waals surface area contributed by atoms with E-state index in [0.717, 1.165) is 85.2 Å². The topological polar surface area (TPSA) is 170 Å². The lowest BCUT2D eigenvalue weighted by Crippen LogP contribution is -2.33. The van der Waals surface area contributed by atoms with Crippen molar-refractivity contribution in [2.45, 2.75) is 39.5 Å². The predicted octanol–water partition coefficient (Wildman–Crippen LogP) is 9.75. The molecule has 0 spiro atoms. The summed E-state index contributed by atoms with van der Waals surface area (Å²) < 4.78 is 47.8. The molecule has 6 aromatic rings. The summed E-state index contributed by atoms with van der Waals surface area (Å²) in [6.45, 7) is 7.53. The van der Waals surface area contributed by atoms with Crippen molar-refractivity contribution in [3.8, 4) is 11.5 Å². The summed E-state index contributed by atoms with van der Waals surface area (Å²) in [4.78, 5) is 50.5. The number of carboxylic acids is 1. The molecule has 2 aliphatic heterocycles. The van der Waals surface area contributed by atoms with E-state index in [9.17, 15) is 28.0 Å². The third kappa shape index (κ3) is 13.3. The molecule has 2 saturated heterocycles. The lowest BCUT2D eigenvalue weighted by Gasteiger charge is -2.32. The molecule has 0 aromatic heterocycles. The summed E-state index contributed by atoms with van der Waals surface area (Å²) >= 11 is 0. The summed E-state index contributed by atoms with van der Waals surface area (Å²) in [5.41, 5.74) is 8.79. The van der Waals surface area contributed by atoms with Crippen molar-refractivity contribution in [1.29, 1.82) is 0 Å². The van der Waals surface area contributed by atoms with Crippen molar-refractivity contribution in [2.24, 2.45) is 11.8 Å². The number of hydrogen-bond donors (Lipinski definition) is 3. The van der Waals surface area contributed by atoms with Crippen molar-refractivity contribution in [2.75, 3.05) is 74.5 Å². The highest BCUT2D eigenvalue weighted by molar-refractivity contribution is 6.10. The molecule has 8 rings (SSSR count). The number of hydrogen-bond acceptors (Lipinski definition) is 11. The van der Waals surface area contributed by atoms with Gasteiger partial charge in [-0.1, -0.05) is 62.4 Å². The number of carboxylic acid groups (broad SMARTS) is 1. The number of esters is 2. The number of carbonyl (C=O) groups is 4. The first-order chi connectivity index (χ1) is 32.2. The van der Waals surface area contributed by atoms with E-state index >= 15 is 0 Å². The predicted molar refractivity (Wildman–Crippen MR) is 256 cm³/mol. The molecule has 2 aliphatic rings. The number of ether oxygens (including phenoxy) is 4. The Morgan fingerprint density at radius 3 is 1.54 bits per heavy atom. The maximum absolute atomic E-state index is 14.4. The van der Waals surface area contributed by atoms with Gasteiger partial charge in [0.25, 0.3) is 5.91 Å². The minimum absolute atomic E-state index is 0.0126. The summed E-state index contributed by atoms with van der Waals surface area (Å²) in [6.07, 6.45) is 4.24. The SMILES string of the molecule is CC1CCN(c2cc(F)cc(C(=O)O)c2)CC1.COC(=O)COc1ccc(N)c2ccccc12.COC(=O)COc1ccc(NC(=O)c2cc(F)cc(N3CCC(C)CC3)c2)c2ccccc12. The van der Waals surface area contributed by atoms with Gasteiger partial charge in [0.05, 0.1) is 19.8 Å². The van der Waals surface area contributed by atoms with Crippen LogP contribution in [0.4, 0.5) is 31.5 Å². The van der Waals surface area contributed by atoms with E-state index < -0.39 is 35.4 Å². The largest absolute Gasteiger partial charge is 0.481 e. The normalized spacial score (nSPS) is 13.9. The summed E-state index contributed by atoms with van der Waals surface area (Å²) in [5, 5.41) is 15.1. The second-order valence-electron chi connectivity index (χ2n) is 16.6. The van der Waals surface area contributed by atoms with Gasteiger partial charge in [0.2, 0.25) is 0 Å². The van der Waals surface area contributed by atoms with Gasteiger partial charge in [-0.2, -0.15) is 0 Å². The Labute approximate surface area is 388 Å². The Bertz CT molecular complexity index is 2700. The third-order valence-corrected chi connectivity index (χ3v) is 11.8. The van der Waals surface area contributed by atoms with Gasteiger partial charge in [0.15, 0.2) is 13.2 Å². The molecule has 0 radical (unpaired) electrons. The number of halogens is 2. The van der Waals surface area contributed by atoms with Gasteiger partial charge in [-0.25, -0.2) is 23.2 Å². The number of aromatic carboxylic acids is 1. The molecule has 0 bridgehead atoms. The fourth-order valence-electron chi connectivity index (χ4n) is 7.81. The molecule has 13 nitrogen and oxygen atoms in total. The number of piperidine rings is 2. The average Bonchev–Trinajstić information content (AvgIpc) is 3.33. The molecule has 352 valence electrons. The molecule has 67 heavy (non-hydrogen) atoms. The number of methoxy groups -OCH3 is 2. The highest BCUT2D eigenvalue weighted by Crippen LogP contribution is 2.33. The fraction of sp³-hybridized carbons (Fsp3) is 0.308. The van der Waals surface area contributed by atoms with Gasteiger partial charge in [-0.3, -0.25) is 4.79 Å². The number of benzene rings is 6. The lowest BCUT2D eigenvalue weighted by molar-refractivity contribution is -0.143. The summed E-state index contributed by atoms with van der Waals surface area (Å²) in [5.74, 6) is -0.824. The fourth-order valence-corrected chi connectivity index (χ4v) is 7.81. The van der Waals surface area contributed by atoms with Crippen molar-refractivity contribution in [3.05, 3.63) is 132 Å². The van der Waals surface area contributed by atoms with Crippen LogP contribution in [0.25, 0.3) is 21.5 Å². The van der Waals surface area contributed by atoms with Crippen molar-refractivity contribution in [3.63, 3.8) is 0 Å². The van der Waals surface area contributed by atoms with Gasteiger partial charge in [0, 0.05) is 76.0 Å². The number of fused-ring (bicyclic) bond motifs is 2. The van der Waals surface area contributed by atoms with E-state index in [-0.39, 0.29) is 24.3 Å². The van der Waals surface area contributed by atoms with Gasteiger partial charge < -0.3 is 44.9 Å². The molecule has 0 saturated carbocycles. The van der Waals surface area contributed by atoms with E-state index in [1.54, 1.807) is 36.4 Å². The number of nitrogens with zero attached hydrogens (tertiary/aromatic N) is 2. The van der Waals surface area contributed by atoms with E-state index in [1.807, 2.05) is 48.5 Å². The molecule has 1 amide bonds. The van der Waals surface area contributed by atoms with Gasteiger partial charge in [-0.05, 0) is 98.2 Å². The minimum Gasteiger partial charge on any atom is -0.481 e. The van der Waals surface area contributed by atoms with Crippen molar-refractivity contribution < 1.29 is 52.0 Å². The van der Waals surface area contributed by atoms with E-state index in [2.05, 4.69) is 38.4 Å². The number of carbonyl (C=O) groups excluding carboxylic acids is 3. The van der Waals surface area contributed by atoms with Crippen LogP contribution in [0.15, 0.2) is 109 Å². The maximum Gasteiger partial charge on any atom is 0.343 e. The lowest BCUT2D eigenvalue weighted by atomic mass is 9.98. The molecule has 2 heterocycles. The zero-order valence-electron chi connectivity index (χ0n) is 38.1. The van der Waals surface area contributed by atoms with Crippen LogP contribution in [0.3, 0.4) is 0 Å². The maximum atomic E-state index is 14.4. The van der Waals surface area contributed by atoms with Crippen LogP contribution in [0.2, 0.25) is 0 Å². The molecule has 2 fully saturated rings. The minimum atomic E-state index is -1.09. The average molecular weight is 919 g/mol. The first-order valence-corrected chi connectivity index (χ1v) is 22.1. The van der Waals surface area contributed by atoms with Gasteiger partial charge in [0.1, 0.15) is 23.1 Å². The Morgan fingerprint density at radius 1 is 0.612 bits per heavy atom. The molecule has 4 N–H and O–H groups in total. The highest BCUT2D eigenvalue weighted by atomic mass is 19.1. The molecule has 0 atom stereocenters. The number of rotatable bonds is 11. The van der Waals surface area contributed by atoms with Gasteiger partial charge >= 0.3 is 17.9 Å². The third-order valence-electron chi connectivity index (χ3n) is 11.8. The summed E-state index contributed by atoms with van der Waals surface area (Å²) in [7, 11) is 2.62. The van der Waals surface area contributed by atoms with Crippen LogP contribution in [-0.4, -0.2) is 82.5 Å². The zero-order valence-corrected chi connectivity index (χ0v) is 38.1. The highest BCUT2D eigenvalue weighted by Gasteiger charge is 2.21. The van der Waals surface area contributed by atoms with Crippen LogP contribution < -0.4 is 30.3 Å². The van der Waals surface area contributed by atoms with Crippen LogP contribution in [0.1, 0.15) is 60.2 Å². The van der Waals surface area contributed by atoms with E-state index in [4.69, 9.17) is 20.3 Å². The van der Waals surface area contributed by atoms with Crippen LogP contribution in [0, 0.1) is 23.5 Å². The number of anilines is 4. The van der Waals surface area contributed by atoms with Crippen LogP contribution >= 0.6 is 0 Å². The molecule has 6 aromatic carbocycles. The summed E-state index contributed by atoms with van der Waals surface area (Å²) in [6, 6.07) is 30.4. The van der Waals surface area contributed by atoms with Crippen molar-refractivity contribution in [1.82, 2.24) is 0 Å². The molecular weight excluding hydrogens is 863 g/mol. The molecule has 15 heteroatoms. The Balaban J connectivity index is 0.000000183. The van der Waals surface area contributed by atoms with Gasteiger partial charge in [-0.15, -0.1) is 0 Å². The second kappa shape index (κ2) is 23.2. The zero-order chi connectivity index (χ0) is 48.0. The van der Waals surface area contributed by atoms with E-state index in [0.29, 0.717) is 40.4 Å². The molecular formula is C52H56F2N4O9. The number of nitrogens with two attached hydrogens (primary N) is 1. The molecule has 0 unspecified atom stereocenters. The second-order valence-corrected chi connectivity index (χ2v) is 16.6. The Hall–Kier alpha value is -7.42. The smallest absolute Gasteiger partial charge is 0.343 e. The standard InChI is InChI=1S/C26H27FN2O4.C13H16FNO2.C13H13NO3/c1-17-9-11-29(12-10-17)20-14-18(13-19(27)15-20)26(31)28-23-7-8-24(33-16-25(30)32-2)22-6-4-3-5-21(22)23;1-9-2-4-15(5-3-9)12-7-10(13(16)17)6-11(14)8-12;1-16-13(15)8-17-12-7-6-11(14)9-4-2-3-5-10(9)12/h3-8,13-15,17H,9-12,16H2,1-2H3,(H,28,31);6-9H,2-5H2,1H3,(H,16,17);2-7H,8,14H2,1H3. The van der Waals surface area contributed by atoms with Crippen molar-refractivity contribution >= 4 is 68.1 Å². The first-order valence-electron chi connectivity index (χ1n) is 22.1. The van der Waals surface area contributed by atoms with Crippen LogP contribution in [0.5, 0.6) is 11.5 Å². The Kier molecular flexibility index (Phi) is 16.9. The van der Waals surface area contributed by atoms with E-state index in [1.165, 1.54) is 32.4 Å². The number of amides is 1. The molecule has 0 aliphatic carbocycles. The monoisotopic (exact) mass is 918 g/mol. The Morgan fingerprint density at radius 2 is 1.04 bits per heavy atom. The number of nitrogen functional groups attached to an aromatic ring is 1. The number of nitrogens with one attached hydrogen (secondary N) is 1.